The molecule has 1 aliphatic rings. The van der Waals surface area contributed by atoms with Crippen molar-refractivity contribution in [2.45, 2.75) is 51.7 Å². The molecule has 2 amide bonds. The number of carbonyl (C=O) groups excluding carboxylic acids is 2. The molecular formula is C17H22N4O2. The lowest BCUT2D eigenvalue weighted by Crippen LogP contribution is -2.35. The van der Waals surface area contributed by atoms with Gasteiger partial charge in [0.2, 0.25) is 11.8 Å². The molecule has 1 heterocycles. The SMILES string of the molecule is CC(=O)NCc1nc2ccccc2n1CC(=O)NC1CCCC1. The average Bonchev–Trinajstić information content (AvgIpc) is 3.13. The van der Waals surface area contributed by atoms with E-state index in [2.05, 4.69) is 15.6 Å². The van der Waals surface area contributed by atoms with Crippen LogP contribution in [0, 0.1) is 0 Å². The first-order valence-corrected chi connectivity index (χ1v) is 8.11. The fraction of sp³-hybridized carbons (Fsp3) is 0.471. The quantitative estimate of drug-likeness (QED) is 0.882. The van der Waals surface area contributed by atoms with Crippen LogP contribution in [-0.2, 0) is 22.7 Å². The van der Waals surface area contributed by atoms with Crippen LogP contribution in [0.1, 0.15) is 38.4 Å². The molecule has 0 atom stereocenters. The molecule has 23 heavy (non-hydrogen) atoms. The van der Waals surface area contributed by atoms with Crippen molar-refractivity contribution in [3.05, 3.63) is 30.1 Å². The predicted octanol–water partition coefficient (Wildman–Crippen LogP) is 1.73. The first-order chi connectivity index (χ1) is 11.1. The molecule has 0 radical (unpaired) electrons. The first kappa shape index (κ1) is 15.5. The zero-order chi connectivity index (χ0) is 16.2. The van der Waals surface area contributed by atoms with Gasteiger partial charge in [-0.15, -0.1) is 0 Å². The number of nitrogens with one attached hydrogen (secondary N) is 2. The van der Waals surface area contributed by atoms with E-state index < -0.39 is 0 Å². The number of fused-ring (bicyclic) bond motifs is 1. The van der Waals surface area contributed by atoms with Gasteiger partial charge >= 0.3 is 0 Å². The van der Waals surface area contributed by atoms with E-state index in [1.165, 1.54) is 19.8 Å². The Morgan fingerprint density at radius 1 is 1.26 bits per heavy atom. The van der Waals surface area contributed by atoms with Crippen molar-refractivity contribution in [1.29, 1.82) is 0 Å². The molecule has 0 aliphatic heterocycles. The summed E-state index contributed by atoms with van der Waals surface area (Å²) < 4.78 is 1.88. The number of amides is 2. The Balaban J connectivity index is 1.80. The maximum Gasteiger partial charge on any atom is 0.240 e. The summed E-state index contributed by atoms with van der Waals surface area (Å²) in [7, 11) is 0. The van der Waals surface area contributed by atoms with Gasteiger partial charge in [0.25, 0.3) is 0 Å². The number of carbonyl (C=O) groups is 2. The summed E-state index contributed by atoms with van der Waals surface area (Å²) >= 11 is 0. The van der Waals surface area contributed by atoms with E-state index in [1.54, 1.807) is 0 Å². The third-order valence-corrected chi connectivity index (χ3v) is 4.25. The van der Waals surface area contributed by atoms with Crippen LogP contribution in [0.5, 0.6) is 0 Å². The minimum Gasteiger partial charge on any atom is -0.352 e. The van der Waals surface area contributed by atoms with Crippen LogP contribution in [-0.4, -0.2) is 27.4 Å². The third-order valence-electron chi connectivity index (χ3n) is 4.25. The topological polar surface area (TPSA) is 76.0 Å². The van der Waals surface area contributed by atoms with Crippen molar-refractivity contribution in [2.75, 3.05) is 0 Å². The number of nitrogens with zero attached hydrogens (tertiary/aromatic N) is 2. The molecule has 6 heteroatoms. The maximum atomic E-state index is 12.4. The van der Waals surface area contributed by atoms with Crippen molar-refractivity contribution < 1.29 is 9.59 Å². The molecule has 122 valence electrons. The fourth-order valence-electron chi connectivity index (χ4n) is 3.13. The van der Waals surface area contributed by atoms with Gasteiger partial charge in [0.1, 0.15) is 12.4 Å². The Morgan fingerprint density at radius 2 is 2.00 bits per heavy atom. The monoisotopic (exact) mass is 314 g/mol. The Kier molecular flexibility index (Phi) is 4.60. The van der Waals surface area contributed by atoms with Gasteiger partial charge < -0.3 is 15.2 Å². The number of benzene rings is 1. The Hall–Kier alpha value is -2.37. The Bertz CT molecular complexity index is 716. The van der Waals surface area contributed by atoms with Gasteiger partial charge in [0.05, 0.1) is 17.6 Å². The molecule has 0 saturated heterocycles. The molecule has 1 saturated carbocycles. The van der Waals surface area contributed by atoms with Gasteiger partial charge in [-0.3, -0.25) is 9.59 Å². The van der Waals surface area contributed by atoms with Gasteiger partial charge in [-0.2, -0.15) is 0 Å². The van der Waals surface area contributed by atoms with Crippen molar-refractivity contribution >= 4 is 22.8 Å². The first-order valence-electron chi connectivity index (χ1n) is 8.11. The lowest BCUT2D eigenvalue weighted by atomic mass is 10.2. The van der Waals surface area contributed by atoms with Crippen LogP contribution in [0.3, 0.4) is 0 Å². The van der Waals surface area contributed by atoms with Crippen molar-refractivity contribution in [2.24, 2.45) is 0 Å². The van der Waals surface area contributed by atoms with Crippen LogP contribution < -0.4 is 10.6 Å². The van der Waals surface area contributed by atoms with E-state index in [0.717, 1.165) is 23.9 Å². The molecule has 1 aromatic heterocycles. The summed E-state index contributed by atoms with van der Waals surface area (Å²) in [5, 5.41) is 5.85. The summed E-state index contributed by atoms with van der Waals surface area (Å²) in [6.07, 6.45) is 4.50. The molecule has 0 unspecified atom stereocenters. The second kappa shape index (κ2) is 6.81. The molecule has 1 fully saturated rings. The second-order valence-electron chi connectivity index (χ2n) is 6.06. The molecule has 1 aromatic carbocycles. The molecule has 6 nitrogen and oxygen atoms in total. The maximum absolute atomic E-state index is 12.4. The summed E-state index contributed by atoms with van der Waals surface area (Å²) in [6.45, 7) is 2.02. The lowest BCUT2D eigenvalue weighted by Gasteiger charge is -2.14. The second-order valence-corrected chi connectivity index (χ2v) is 6.06. The lowest BCUT2D eigenvalue weighted by molar-refractivity contribution is -0.122. The Morgan fingerprint density at radius 3 is 2.74 bits per heavy atom. The highest BCUT2D eigenvalue weighted by atomic mass is 16.2. The average molecular weight is 314 g/mol. The highest BCUT2D eigenvalue weighted by molar-refractivity contribution is 5.81. The zero-order valence-electron chi connectivity index (χ0n) is 13.3. The fourth-order valence-corrected chi connectivity index (χ4v) is 3.13. The highest BCUT2D eigenvalue weighted by Gasteiger charge is 2.19. The van der Waals surface area contributed by atoms with Crippen molar-refractivity contribution in [3.63, 3.8) is 0 Å². The van der Waals surface area contributed by atoms with Gasteiger partial charge in [0.15, 0.2) is 0 Å². The van der Waals surface area contributed by atoms with Gasteiger partial charge in [-0.05, 0) is 25.0 Å². The molecule has 1 aliphatic carbocycles. The van der Waals surface area contributed by atoms with Crippen LogP contribution >= 0.6 is 0 Å². The Labute approximate surface area is 135 Å². The standard InChI is InChI=1S/C17H22N4O2/c1-12(22)18-10-16-20-14-8-4-5-9-15(14)21(16)11-17(23)19-13-6-2-3-7-13/h4-5,8-9,13H,2-3,6-7,10-11H2,1H3,(H,18,22)(H,19,23). The number of rotatable bonds is 5. The van der Waals surface area contributed by atoms with Gasteiger partial charge in [0, 0.05) is 13.0 Å². The van der Waals surface area contributed by atoms with E-state index in [-0.39, 0.29) is 18.4 Å². The number of para-hydroxylation sites is 2. The molecule has 0 bridgehead atoms. The van der Waals surface area contributed by atoms with E-state index in [4.69, 9.17) is 0 Å². The minimum absolute atomic E-state index is 0.00382. The summed E-state index contributed by atoms with van der Waals surface area (Å²) in [5.41, 5.74) is 1.75. The van der Waals surface area contributed by atoms with Crippen LogP contribution in [0.4, 0.5) is 0 Å². The third kappa shape index (κ3) is 3.70. The van der Waals surface area contributed by atoms with Gasteiger partial charge in [-0.1, -0.05) is 25.0 Å². The van der Waals surface area contributed by atoms with E-state index >= 15 is 0 Å². The minimum atomic E-state index is -0.112. The normalized spacial score (nSPS) is 15.0. The largest absolute Gasteiger partial charge is 0.352 e. The number of aromatic nitrogens is 2. The molecular weight excluding hydrogens is 292 g/mol. The summed E-state index contributed by atoms with van der Waals surface area (Å²) in [6, 6.07) is 8.01. The van der Waals surface area contributed by atoms with Crippen LogP contribution in [0.2, 0.25) is 0 Å². The van der Waals surface area contributed by atoms with E-state index in [9.17, 15) is 9.59 Å². The molecule has 0 spiro atoms. The number of hydrogen-bond donors (Lipinski definition) is 2. The van der Waals surface area contributed by atoms with Crippen molar-refractivity contribution in [1.82, 2.24) is 20.2 Å². The summed E-state index contributed by atoms with van der Waals surface area (Å²) in [5.74, 6) is 0.589. The molecule has 2 aromatic rings. The summed E-state index contributed by atoms with van der Waals surface area (Å²) in [4.78, 5) is 28.1. The molecule has 2 N–H and O–H groups in total. The molecule has 3 rings (SSSR count). The van der Waals surface area contributed by atoms with Gasteiger partial charge in [-0.25, -0.2) is 4.98 Å². The van der Waals surface area contributed by atoms with Crippen molar-refractivity contribution in [3.8, 4) is 0 Å². The van der Waals surface area contributed by atoms with E-state index in [0.29, 0.717) is 18.4 Å². The van der Waals surface area contributed by atoms with Crippen LogP contribution in [0.15, 0.2) is 24.3 Å². The zero-order valence-corrected chi connectivity index (χ0v) is 13.3. The van der Waals surface area contributed by atoms with E-state index in [1.807, 2.05) is 28.8 Å². The predicted molar refractivity (Wildman–Crippen MR) is 87.7 cm³/mol. The van der Waals surface area contributed by atoms with Crippen LogP contribution in [0.25, 0.3) is 11.0 Å². The highest BCUT2D eigenvalue weighted by Crippen LogP contribution is 2.19. The number of imidazole rings is 1. The smallest absolute Gasteiger partial charge is 0.240 e. The number of hydrogen-bond acceptors (Lipinski definition) is 3.